The maximum atomic E-state index is 14.3. The molecular weight excluding hydrogens is 752 g/mol. The van der Waals surface area contributed by atoms with E-state index in [2.05, 4.69) is 36.4 Å². The first-order valence-corrected chi connectivity index (χ1v) is 20.1. The average molecular weight is 807 g/mol. The van der Waals surface area contributed by atoms with Crippen LogP contribution in [0.5, 0.6) is 0 Å². The van der Waals surface area contributed by atoms with E-state index in [4.69, 9.17) is 0 Å². The van der Waals surface area contributed by atoms with E-state index < -0.39 is 23.3 Å². The van der Waals surface area contributed by atoms with Gasteiger partial charge in [0.2, 0.25) is 0 Å². The van der Waals surface area contributed by atoms with E-state index in [0.29, 0.717) is 23.2 Å². The average Bonchev–Trinajstić information content (AvgIpc) is 4.00. The van der Waals surface area contributed by atoms with Crippen LogP contribution in [0.1, 0.15) is 88.2 Å². The fourth-order valence-corrected chi connectivity index (χ4v) is 7.36. The Balaban J connectivity index is 0.000000200. The smallest absolute Gasteiger partial charge is 0.392 e. The molecule has 2 nitrogen and oxygen atoms in total. The van der Waals surface area contributed by atoms with Crippen LogP contribution in [0.4, 0.5) is 40.3 Å². The first-order chi connectivity index (χ1) is 27.3. The van der Waals surface area contributed by atoms with Crippen molar-refractivity contribution < 1.29 is 39.3 Å². The second-order valence-corrected chi connectivity index (χ2v) is 14.9. The van der Waals surface area contributed by atoms with Gasteiger partial charge in [-0.05, 0) is 87.0 Å². The van der Waals surface area contributed by atoms with Gasteiger partial charge in [0, 0.05) is 47.7 Å². The Kier molecular flexibility index (Phi) is 19.7. The monoisotopic (exact) mass is 806 g/mol. The summed E-state index contributed by atoms with van der Waals surface area (Å²) in [5.74, 6) is -1.47. The molecule has 0 saturated heterocycles. The SMILES string of the molecule is Cc1ccc(N(CC2CCCCC2)c2ccc(F)[c-]c2F)cc1.Cc1ccc(N(CC2CCCCC2)c2ccc(F)[c-]c2F)cc1.[C-]1=CC=CC1.[C-]1=CC=CC1.[Ti+4]. The third-order valence-electron chi connectivity index (χ3n) is 10.5. The van der Waals surface area contributed by atoms with Crippen LogP contribution in [0.15, 0.2) is 109 Å². The molecule has 57 heavy (non-hydrogen) atoms. The van der Waals surface area contributed by atoms with Gasteiger partial charge >= 0.3 is 21.7 Å². The van der Waals surface area contributed by atoms with Crippen molar-refractivity contribution in [3.63, 3.8) is 0 Å². The fourth-order valence-electron chi connectivity index (χ4n) is 7.36. The second kappa shape index (κ2) is 24.6. The molecule has 4 aromatic rings. The number of anilines is 4. The summed E-state index contributed by atoms with van der Waals surface area (Å²) in [6, 6.07) is 26.0. The molecule has 0 radical (unpaired) electrons. The van der Waals surface area contributed by atoms with Crippen molar-refractivity contribution >= 4 is 22.7 Å². The van der Waals surface area contributed by atoms with Crippen LogP contribution in [-0.2, 0) is 21.7 Å². The van der Waals surface area contributed by atoms with Gasteiger partial charge in [-0.1, -0.05) is 73.9 Å². The normalized spacial score (nSPS) is 15.7. The van der Waals surface area contributed by atoms with Crippen molar-refractivity contribution in [1.29, 1.82) is 0 Å². The van der Waals surface area contributed by atoms with Crippen molar-refractivity contribution in [2.75, 3.05) is 22.9 Å². The Morgan fingerprint density at radius 3 is 1.16 bits per heavy atom. The van der Waals surface area contributed by atoms with Gasteiger partial charge in [-0.15, -0.1) is 49.2 Å². The Labute approximate surface area is 354 Å². The van der Waals surface area contributed by atoms with Gasteiger partial charge in [-0.25, -0.2) is 41.9 Å². The molecule has 7 heteroatoms. The van der Waals surface area contributed by atoms with Gasteiger partial charge in [-0.2, -0.15) is 12.2 Å². The Morgan fingerprint density at radius 2 is 0.877 bits per heavy atom. The van der Waals surface area contributed by atoms with E-state index in [-0.39, 0.29) is 21.7 Å². The van der Waals surface area contributed by atoms with Gasteiger partial charge in [0.05, 0.1) is 0 Å². The Hall–Kier alpha value is -4.13. The molecule has 0 bridgehead atoms. The van der Waals surface area contributed by atoms with Crippen LogP contribution in [-0.4, -0.2) is 13.1 Å². The molecule has 2 fully saturated rings. The van der Waals surface area contributed by atoms with E-state index in [1.807, 2.05) is 96.5 Å². The number of aryl methyl sites for hydroxylation is 2. The number of rotatable bonds is 8. The molecule has 4 aliphatic carbocycles. The van der Waals surface area contributed by atoms with E-state index in [1.54, 1.807) is 0 Å². The molecule has 0 heterocycles. The number of allylic oxidation sites excluding steroid dienone is 8. The molecular formula is C50H54F4N2Ti. The summed E-state index contributed by atoms with van der Waals surface area (Å²) in [5, 5.41) is 0. The van der Waals surface area contributed by atoms with E-state index >= 15 is 0 Å². The minimum absolute atomic E-state index is 0. The van der Waals surface area contributed by atoms with Gasteiger partial charge in [0.25, 0.3) is 0 Å². The molecule has 0 amide bonds. The van der Waals surface area contributed by atoms with Crippen molar-refractivity contribution in [2.45, 2.75) is 90.9 Å². The molecule has 0 unspecified atom stereocenters. The van der Waals surface area contributed by atoms with Crippen molar-refractivity contribution in [2.24, 2.45) is 11.8 Å². The molecule has 2 saturated carbocycles. The fraction of sp³-hybridized carbons (Fsp3) is 0.360. The number of hydrogen-bond acceptors (Lipinski definition) is 2. The third kappa shape index (κ3) is 15.3. The zero-order chi connectivity index (χ0) is 39.5. The van der Waals surface area contributed by atoms with Gasteiger partial charge in [0.15, 0.2) is 0 Å². The summed E-state index contributed by atoms with van der Waals surface area (Å²) in [5.41, 5.74) is 5.02. The predicted molar refractivity (Wildman–Crippen MR) is 223 cm³/mol. The Bertz CT molecular complexity index is 1730. The number of halogens is 4. The van der Waals surface area contributed by atoms with Crippen molar-refractivity contribution in [1.82, 2.24) is 0 Å². The number of hydrogen-bond donors (Lipinski definition) is 0. The maximum absolute atomic E-state index is 14.3. The third-order valence-corrected chi connectivity index (χ3v) is 10.5. The van der Waals surface area contributed by atoms with Crippen LogP contribution in [0, 0.1) is 73.2 Å². The van der Waals surface area contributed by atoms with E-state index in [9.17, 15) is 17.6 Å². The summed E-state index contributed by atoms with van der Waals surface area (Å²) in [6.45, 7) is 5.59. The first-order valence-electron chi connectivity index (χ1n) is 20.1. The summed E-state index contributed by atoms with van der Waals surface area (Å²) >= 11 is 0. The molecule has 296 valence electrons. The quantitative estimate of drug-likeness (QED) is 0.0994. The van der Waals surface area contributed by atoms with Crippen LogP contribution in [0.25, 0.3) is 0 Å². The van der Waals surface area contributed by atoms with Gasteiger partial charge in [0.1, 0.15) is 0 Å². The van der Waals surface area contributed by atoms with Gasteiger partial charge < -0.3 is 9.80 Å². The molecule has 0 atom stereocenters. The molecule has 4 aromatic carbocycles. The first kappa shape index (κ1) is 45.6. The minimum Gasteiger partial charge on any atom is -0.392 e. The van der Waals surface area contributed by atoms with E-state index in [1.165, 1.54) is 88.5 Å². The zero-order valence-electron chi connectivity index (χ0n) is 33.4. The van der Waals surface area contributed by atoms with Crippen LogP contribution in [0.3, 0.4) is 0 Å². The summed E-state index contributed by atoms with van der Waals surface area (Å²) in [4.78, 5) is 3.95. The second-order valence-electron chi connectivity index (χ2n) is 14.9. The van der Waals surface area contributed by atoms with E-state index in [0.717, 1.165) is 48.4 Å². The van der Waals surface area contributed by atoms with Crippen molar-refractivity contribution in [3.05, 3.63) is 168 Å². The molecule has 4 aliphatic rings. The molecule has 0 N–H and O–H groups in total. The van der Waals surface area contributed by atoms with Crippen LogP contribution < -0.4 is 9.80 Å². The topological polar surface area (TPSA) is 6.48 Å². The number of benzene rings is 4. The summed E-state index contributed by atoms with van der Waals surface area (Å²) in [7, 11) is 0. The maximum Gasteiger partial charge on any atom is 4.00 e. The summed E-state index contributed by atoms with van der Waals surface area (Å²) in [6.07, 6.45) is 32.2. The molecule has 0 spiro atoms. The molecule has 8 rings (SSSR count). The number of nitrogens with zero attached hydrogens (tertiary/aromatic N) is 2. The predicted octanol–water partition coefficient (Wildman–Crippen LogP) is 14.2. The molecule has 0 aliphatic heterocycles. The van der Waals surface area contributed by atoms with Crippen LogP contribution in [0.2, 0.25) is 0 Å². The standard InChI is InChI=1S/2C20H22F2N.2C5H5.Ti/c2*1-15-7-10-18(11-8-15)23(14-16-5-3-2-4-6-16)20-12-9-17(21)13-19(20)22;2*1-2-4-5-3-1;/h2*7-12,16H,2-6,14H2,1H3;2*1-3H,4H2;/q4*-1;+4. The zero-order valence-corrected chi connectivity index (χ0v) is 34.9. The molecule has 0 aromatic heterocycles. The van der Waals surface area contributed by atoms with Crippen molar-refractivity contribution in [3.8, 4) is 0 Å². The Morgan fingerprint density at radius 1 is 0.509 bits per heavy atom. The summed E-state index contributed by atoms with van der Waals surface area (Å²) < 4.78 is 55.0. The van der Waals surface area contributed by atoms with Gasteiger partial charge in [-0.3, -0.25) is 12.2 Å². The largest absolute Gasteiger partial charge is 4.00 e. The minimum atomic E-state index is -0.659. The van der Waals surface area contributed by atoms with Crippen LogP contribution >= 0.6 is 0 Å².